The van der Waals surface area contributed by atoms with E-state index in [4.69, 9.17) is 0 Å². The second-order valence-electron chi connectivity index (χ2n) is 2.52. The van der Waals surface area contributed by atoms with Crippen LogP contribution in [-0.2, 0) is 0 Å². The van der Waals surface area contributed by atoms with Gasteiger partial charge in [0.25, 0.3) is 0 Å². The second kappa shape index (κ2) is 2.90. The Bertz CT molecular complexity index is 455. The molecule has 1 aromatic carbocycles. The Hall–Kier alpha value is -1.84. The number of hydrogen-bond acceptors (Lipinski definition) is 2. The lowest BCUT2D eigenvalue weighted by Crippen LogP contribution is -2.10. The fourth-order valence-electron chi connectivity index (χ4n) is 1.06. The predicted octanol–water partition coefficient (Wildman–Crippen LogP) is 1.57. The summed E-state index contributed by atoms with van der Waals surface area (Å²) >= 11 is 0. The number of aromatic nitrogens is 1. The first-order valence-corrected chi connectivity index (χ1v) is 3.69. The van der Waals surface area contributed by atoms with Gasteiger partial charge in [-0.2, -0.15) is 0 Å². The van der Waals surface area contributed by atoms with Crippen LogP contribution in [0.3, 0.4) is 0 Å². The summed E-state index contributed by atoms with van der Waals surface area (Å²) in [6.45, 7) is 0. The minimum atomic E-state index is -0.480. The van der Waals surface area contributed by atoms with Gasteiger partial charge in [-0.1, -0.05) is 0 Å². The summed E-state index contributed by atoms with van der Waals surface area (Å²) < 4.78 is 18.4. The number of halogens is 1. The lowest BCUT2D eigenvalue weighted by molar-refractivity contribution is 0.504. The Morgan fingerprint density at radius 2 is 1.92 bits per heavy atom. The third-order valence-electron chi connectivity index (χ3n) is 1.68. The van der Waals surface area contributed by atoms with E-state index in [1.165, 1.54) is 41.3 Å². The molecule has 0 atom stereocenters. The van der Waals surface area contributed by atoms with E-state index < -0.39 is 5.76 Å². The van der Waals surface area contributed by atoms with Gasteiger partial charge in [0, 0.05) is 0 Å². The smallest absolute Gasteiger partial charge is 0.416 e. The molecule has 1 aromatic heterocycles. The van der Waals surface area contributed by atoms with Gasteiger partial charge in [-0.15, -0.1) is 0 Å². The first kappa shape index (κ1) is 7.79. The number of nitrogens with zero attached hydrogens (tertiary/aromatic N) is 1. The summed E-state index contributed by atoms with van der Waals surface area (Å²) in [5.41, 5.74) is 0.583. The number of oxazole rings is 1. The average molecular weight is 179 g/mol. The monoisotopic (exact) mass is 179 g/mol. The molecular formula is C9H6FNO2. The molecule has 2 aromatic rings. The van der Waals surface area contributed by atoms with Crippen molar-refractivity contribution in [1.82, 2.24) is 4.57 Å². The number of benzene rings is 1. The maximum absolute atomic E-state index is 12.5. The average Bonchev–Trinajstić information content (AvgIpc) is 2.53. The fraction of sp³-hybridized carbons (Fsp3) is 0. The standard InChI is InChI=1S/C9H6FNO2/c10-7-1-3-8(4-2-7)11-5-6-13-9(11)12/h1-6H. The summed E-state index contributed by atoms with van der Waals surface area (Å²) in [6, 6.07) is 5.59. The molecule has 0 unspecified atom stereocenters. The van der Waals surface area contributed by atoms with Crippen molar-refractivity contribution in [3.63, 3.8) is 0 Å². The molecule has 1 heterocycles. The second-order valence-corrected chi connectivity index (χ2v) is 2.52. The van der Waals surface area contributed by atoms with Gasteiger partial charge < -0.3 is 4.42 Å². The van der Waals surface area contributed by atoms with Gasteiger partial charge in [-0.05, 0) is 24.3 Å². The molecule has 0 N–H and O–H groups in total. The van der Waals surface area contributed by atoms with E-state index in [0.717, 1.165) is 0 Å². The van der Waals surface area contributed by atoms with Crippen LogP contribution in [-0.4, -0.2) is 4.57 Å². The normalized spacial score (nSPS) is 10.2. The lowest BCUT2D eigenvalue weighted by Gasteiger charge is -1.97. The van der Waals surface area contributed by atoms with Gasteiger partial charge in [-0.25, -0.2) is 13.8 Å². The number of rotatable bonds is 1. The first-order valence-electron chi connectivity index (χ1n) is 3.69. The van der Waals surface area contributed by atoms with Crippen LogP contribution in [0.1, 0.15) is 0 Å². The largest absolute Gasteiger partial charge is 0.423 e. The highest BCUT2D eigenvalue weighted by Gasteiger charge is 2.00. The molecule has 0 fully saturated rings. The van der Waals surface area contributed by atoms with Crippen LogP contribution >= 0.6 is 0 Å². The van der Waals surface area contributed by atoms with Crippen molar-refractivity contribution >= 4 is 0 Å². The van der Waals surface area contributed by atoms with Gasteiger partial charge in [0.2, 0.25) is 0 Å². The Balaban J connectivity index is 2.54. The van der Waals surface area contributed by atoms with Crippen molar-refractivity contribution in [2.24, 2.45) is 0 Å². The van der Waals surface area contributed by atoms with E-state index in [9.17, 15) is 9.18 Å². The van der Waals surface area contributed by atoms with E-state index in [1.807, 2.05) is 0 Å². The molecular weight excluding hydrogens is 173 g/mol. The van der Waals surface area contributed by atoms with E-state index in [0.29, 0.717) is 5.69 Å². The minimum Gasteiger partial charge on any atom is -0.416 e. The molecule has 0 aliphatic heterocycles. The Labute approximate surface area is 73.0 Å². The van der Waals surface area contributed by atoms with Crippen molar-refractivity contribution in [1.29, 1.82) is 0 Å². The van der Waals surface area contributed by atoms with E-state index in [-0.39, 0.29) is 5.82 Å². The van der Waals surface area contributed by atoms with E-state index in [2.05, 4.69) is 4.42 Å². The maximum Gasteiger partial charge on any atom is 0.423 e. The zero-order chi connectivity index (χ0) is 9.26. The van der Waals surface area contributed by atoms with Crippen LogP contribution in [0.5, 0.6) is 0 Å². The van der Waals surface area contributed by atoms with Crippen LogP contribution in [0.4, 0.5) is 4.39 Å². The highest BCUT2D eigenvalue weighted by atomic mass is 19.1. The predicted molar refractivity (Wildman–Crippen MR) is 44.3 cm³/mol. The van der Waals surface area contributed by atoms with Crippen LogP contribution < -0.4 is 5.76 Å². The highest BCUT2D eigenvalue weighted by molar-refractivity contribution is 5.30. The van der Waals surface area contributed by atoms with Crippen LogP contribution in [0.15, 0.2) is 45.9 Å². The molecule has 0 bridgehead atoms. The third-order valence-corrected chi connectivity index (χ3v) is 1.68. The molecule has 66 valence electrons. The highest BCUT2D eigenvalue weighted by Crippen LogP contribution is 2.05. The summed E-state index contributed by atoms with van der Waals surface area (Å²) in [7, 11) is 0. The first-order chi connectivity index (χ1) is 6.27. The van der Waals surface area contributed by atoms with Crippen LogP contribution in [0.25, 0.3) is 5.69 Å². The van der Waals surface area contributed by atoms with Crippen molar-refractivity contribution in [3.8, 4) is 5.69 Å². The topological polar surface area (TPSA) is 35.1 Å². The minimum absolute atomic E-state index is 0.333. The van der Waals surface area contributed by atoms with Crippen LogP contribution in [0, 0.1) is 5.82 Å². The number of hydrogen-bond donors (Lipinski definition) is 0. The lowest BCUT2D eigenvalue weighted by atomic mass is 10.3. The SMILES string of the molecule is O=c1occn1-c1ccc(F)cc1. The van der Waals surface area contributed by atoms with E-state index in [1.54, 1.807) is 0 Å². The third kappa shape index (κ3) is 1.38. The van der Waals surface area contributed by atoms with Gasteiger partial charge in [-0.3, -0.25) is 0 Å². The van der Waals surface area contributed by atoms with E-state index >= 15 is 0 Å². The molecule has 0 amide bonds. The molecule has 2 rings (SSSR count). The van der Waals surface area contributed by atoms with Gasteiger partial charge in [0.1, 0.15) is 12.1 Å². The molecule has 0 saturated heterocycles. The molecule has 13 heavy (non-hydrogen) atoms. The fourth-order valence-corrected chi connectivity index (χ4v) is 1.06. The van der Waals surface area contributed by atoms with Gasteiger partial charge in [0.05, 0.1) is 11.9 Å². The summed E-state index contributed by atoms with van der Waals surface area (Å²) in [4.78, 5) is 11.0. The molecule has 0 spiro atoms. The molecule has 0 radical (unpaired) electrons. The molecule has 3 nitrogen and oxygen atoms in total. The Kier molecular flexibility index (Phi) is 1.73. The Morgan fingerprint density at radius 1 is 1.23 bits per heavy atom. The molecule has 4 heteroatoms. The van der Waals surface area contributed by atoms with Crippen molar-refractivity contribution in [3.05, 3.63) is 53.1 Å². The molecule has 0 aliphatic carbocycles. The van der Waals surface area contributed by atoms with Crippen molar-refractivity contribution < 1.29 is 8.81 Å². The zero-order valence-electron chi connectivity index (χ0n) is 6.61. The molecule has 0 aliphatic rings. The quantitative estimate of drug-likeness (QED) is 0.666. The summed E-state index contributed by atoms with van der Waals surface area (Å²) in [5, 5.41) is 0. The van der Waals surface area contributed by atoms with Gasteiger partial charge in [0.15, 0.2) is 0 Å². The Morgan fingerprint density at radius 3 is 2.46 bits per heavy atom. The summed E-state index contributed by atoms with van der Waals surface area (Å²) in [5.74, 6) is -0.813. The van der Waals surface area contributed by atoms with Crippen LogP contribution in [0.2, 0.25) is 0 Å². The maximum atomic E-state index is 12.5. The van der Waals surface area contributed by atoms with Crippen molar-refractivity contribution in [2.75, 3.05) is 0 Å². The zero-order valence-corrected chi connectivity index (χ0v) is 6.61. The van der Waals surface area contributed by atoms with Crippen molar-refractivity contribution in [2.45, 2.75) is 0 Å². The molecule has 0 saturated carbocycles. The van der Waals surface area contributed by atoms with Gasteiger partial charge >= 0.3 is 5.76 Å². The summed E-state index contributed by atoms with van der Waals surface area (Å²) in [6.07, 6.45) is 2.77.